The van der Waals surface area contributed by atoms with Crippen LogP contribution in [0.25, 0.3) is 0 Å². The van der Waals surface area contributed by atoms with E-state index in [1.54, 1.807) is 30.1 Å². The van der Waals surface area contributed by atoms with Crippen molar-refractivity contribution in [2.45, 2.75) is 12.5 Å². The minimum Gasteiger partial charge on any atom is -0.478 e. The molecule has 3 heterocycles. The maximum Gasteiger partial charge on any atom is 0.335 e. The number of likely N-dealkylation sites (N-methyl/N-ethyl adjacent to an activating group) is 1. The van der Waals surface area contributed by atoms with E-state index in [9.17, 15) is 28.7 Å². The van der Waals surface area contributed by atoms with Crippen LogP contribution in [-0.2, 0) is 20.8 Å². The largest absolute Gasteiger partial charge is 0.478 e. The summed E-state index contributed by atoms with van der Waals surface area (Å²) in [7, 11) is 1.76. The second kappa shape index (κ2) is 12.1. The third-order valence-corrected chi connectivity index (χ3v) is 8.39. The van der Waals surface area contributed by atoms with Crippen LogP contribution < -0.4 is 26.2 Å². The Kier molecular flexibility index (Phi) is 8.04. The molecule has 3 amide bonds. The number of hydrogen-bond donors (Lipinski definition) is 4. The number of halogens is 2. The Bertz CT molecular complexity index is 1730. The number of nitrogens with one attached hydrogen (secondary N) is 3. The summed E-state index contributed by atoms with van der Waals surface area (Å²) < 4.78 is 14.7. The van der Waals surface area contributed by atoms with Crippen molar-refractivity contribution in [2.75, 3.05) is 48.5 Å². The number of benzene rings is 3. The Morgan fingerprint density at radius 1 is 1.00 bits per heavy atom. The molecule has 0 spiro atoms. The van der Waals surface area contributed by atoms with Crippen LogP contribution in [0.4, 0.5) is 21.5 Å². The van der Waals surface area contributed by atoms with Gasteiger partial charge in [0.1, 0.15) is 11.7 Å². The lowest BCUT2D eigenvalue weighted by Gasteiger charge is -2.40. The molecule has 1 saturated heterocycles. The number of nitrogens with zero attached hydrogens (tertiary/aromatic N) is 4. The van der Waals surface area contributed by atoms with E-state index in [1.165, 1.54) is 52.5 Å². The summed E-state index contributed by atoms with van der Waals surface area (Å²) >= 11 is 5.95. The molecule has 14 heteroatoms. The maximum absolute atomic E-state index is 14.7. The summed E-state index contributed by atoms with van der Waals surface area (Å²) in [6.07, 6.45) is 1.81. The highest BCUT2D eigenvalue weighted by atomic mass is 35.5. The Morgan fingerprint density at radius 3 is 2.47 bits per heavy atom. The summed E-state index contributed by atoms with van der Waals surface area (Å²) in [5.74, 6) is -2.81. The molecule has 1 fully saturated rings. The molecule has 4 N–H and O–H groups in total. The number of hydrogen-bond acceptors (Lipinski definition) is 8. The van der Waals surface area contributed by atoms with Crippen molar-refractivity contribution in [3.63, 3.8) is 0 Å². The number of aromatic carboxylic acids is 1. The molecule has 3 aliphatic rings. The highest BCUT2D eigenvalue weighted by molar-refractivity contribution is 6.31. The molecule has 6 rings (SSSR count). The minimum absolute atomic E-state index is 0.0157. The van der Waals surface area contributed by atoms with Crippen LogP contribution in [0.15, 0.2) is 72.6 Å². The van der Waals surface area contributed by atoms with Gasteiger partial charge < -0.3 is 25.1 Å². The molecule has 1 atom stereocenters. The van der Waals surface area contributed by atoms with Crippen LogP contribution in [0, 0.1) is 5.82 Å². The minimum atomic E-state index is -1.10. The van der Waals surface area contributed by atoms with Gasteiger partial charge >= 0.3 is 5.97 Å². The molecule has 0 aromatic heterocycles. The van der Waals surface area contributed by atoms with Gasteiger partial charge in [-0.25, -0.2) is 9.18 Å². The number of carbonyl (C=O) groups is 4. The lowest BCUT2D eigenvalue weighted by Crippen LogP contribution is -2.50. The predicted molar refractivity (Wildman–Crippen MR) is 165 cm³/mol. The number of amides is 3. The van der Waals surface area contributed by atoms with Gasteiger partial charge in [-0.3, -0.25) is 24.8 Å². The van der Waals surface area contributed by atoms with Crippen molar-refractivity contribution in [3.8, 4) is 0 Å². The molecular weight excluding hydrogens is 605 g/mol. The number of carbonyl (C=O) groups excluding carboxylic acids is 3. The average molecular weight is 634 g/mol. The monoisotopic (exact) mass is 633 g/mol. The lowest BCUT2D eigenvalue weighted by molar-refractivity contribution is -0.136. The number of rotatable bonds is 6. The molecule has 0 aliphatic carbocycles. The van der Waals surface area contributed by atoms with Gasteiger partial charge in [0.2, 0.25) is 5.91 Å². The summed E-state index contributed by atoms with van der Waals surface area (Å²) in [4.78, 5) is 56.9. The Balaban J connectivity index is 1.34. The van der Waals surface area contributed by atoms with Crippen molar-refractivity contribution in [1.82, 2.24) is 20.8 Å². The molecule has 12 nitrogen and oxygen atoms in total. The zero-order valence-corrected chi connectivity index (χ0v) is 24.8. The molecule has 232 valence electrons. The summed E-state index contributed by atoms with van der Waals surface area (Å²) in [6, 6.07) is 14.6. The SMILES string of the molecule is CN1CCN(c2cccc3c2CCN(C(=O)C2=CN(c4cccc(Cl)c4F)NN2)C3C(=O)Nc2ccc(C(=O)O)cc2)CC1=O. The Morgan fingerprint density at radius 2 is 1.73 bits per heavy atom. The number of hydrazine groups is 2. The molecule has 1 unspecified atom stereocenters. The number of piperazine rings is 1. The van der Waals surface area contributed by atoms with Gasteiger partial charge in [0.05, 0.1) is 29.0 Å². The van der Waals surface area contributed by atoms with Crippen molar-refractivity contribution in [2.24, 2.45) is 0 Å². The second-order valence-corrected chi connectivity index (χ2v) is 11.2. The number of carboxylic acid groups (broad SMARTS) is 1. The van der Waals surface area contributed by atoms with Crippen LogP contribution in [0.2, 0.25) is 5.02 Å². The first-order valence-corrected chi connectivity index (χ1v) is 14.5. The van der Waals surface area contributed by atoms with Crippen molar-refractivity contribution < 1.29 is 28.7 Å². The molecular formula is C31H29ClFN7O5. The topological polar surface area (TPSA) is 138 Å². The molecule has 0 radical (unpaired) electrons. The van der Waals surface area contributed by atoms with Crippen LogP contribution in [0.3, 0.4) is 0 Å². The molecule has 3 aromatic rings. The fourth-order valence-corrected chi connectivity index (χ4v) is 5.87. The first-order chi connectivity index (χ1) is 21.6. The third-order valence-electron chi connectivity index (χ3n) is 8.09. The van der Waals surface area contributed by atoms with Crippen LogP contribution >= 0.6 is 11.6 Å². The van der Waals surface area contributed by atoms with Gasteiger partial charge in [-0.1, -0.05) is 29.8 Å². The summed E-state index contributed by atoms with van der Waals surface area (Å²) in [5, 5.41) is 13.3. The molecule has 3 aromatic carbocycles. The van der Waals surface area contributed by atoms with Gasteiger partial charge in [-0.15, -0.1) is 5.53 Å². The zero-order chi connectivity index (χ0) is 31.8. The number of carboxylic acids is 1. The van der Waals surface area contributed by atoms with Crippen molar-refractivity contribution in [3.05, 3.63) is 100 Å². The first-order valence-electron chi connectivity index (χ1n) is 14.1. The quantitative estimate of drug-likeness (QED) is 0.323. The van der Waals surface area contributed by atoms with Gasteiger partial charge in [-0.2, -0.15) is 0 Å². The fraction of sp³-hybridized carbons (Fsp3) is 0.226. The van der Waals surface area contributed by atoms with E-state index in [0.29, 0.717) is 30.8 Å². The van der Waals surface area contributed by atoms with Crippen LogP contribution in [-0.4, -0.2) is 71.8 Å². The zero-order valence-electron chi connectivity index (χ0n) is 24.1. The smallest absolute Gasteiger partial charge is 0.335 e. The van der Waals surface area contributed by atoms with Crippen LogP contribution in [0.5, 0.6) is 0 Å². The average Bonchev–Trinajstić information content (AvgIpc) is 3.53. The van der Waals surface area contributed by atoms with E-state index in [0.717, 1.165) is 11.3 Å². The Labute approximate surface area is 262 Å². The highest BCUT2D eigenvalue weighted by Crippen LogP contribution is 2.38. The summed E-state index contributed by atoms with van der Waals surface area (Å²) in [6.45, 7) is 1.54. The van der Waals surface area contributed by atoms with E-state index >= 15 is 0 Å². The van der Waals surface area contributed by atoms with E-state index < -0.39 is 29.6 Å². The normalized spacial score (nSPS) is 17.9. The van der Waals surface area contributed by atoms with E-state index in [1.807, 2.05) is 11.0 Å². The predicted octanol–water partition coefficient (Wildman–Crippen LogP) is 2.89. The number of fused-ring (bicyclic) bond motifs is 1. The lowest BCUT2D eigenvalue weighted by atomic mass is 9.89. The first kappa shape index (κ1) is 29.9. The summed E-state index contributed by atoms with van der Waals surface area (Å²) in [5.41, 5.74) is 8.37. The van der Waals surface area contributed by atoms with Crippen molar-refractivity contribution >= 4 is 52.4 Å². The fourth-order valence-electron chi connectivity index (χ4n) is 5.70. The molecule has 45 heavy (non-hydrogen) atoms. The van der Waals surface area contributed by atoms with Crippen molar-refractivity contribution in [1.29, 1.82) is 0 Å². The molecule has 0 bridgehead atoms. The number of anilines is 3. The third kappa shape index (κ3) is 5.75. The second-order valence-electron chi connectivity index (χ2n) is 10.8. The van der Waals surface area contributed by atoms with E-state index in [2.05, 4.69) is 16.3 Å². The van der Waals surface area contributed by atoms with E-state index in [-0.39, 0.29) is 41.0 Å². The van der Waals surface area contributed by atoms with Gasteiger partial charge in [-0.05, 0) is 60.0 Å². The van der Waals surface area contributed by atoms with E-state index in [4.69, 9.17) is 11.6 Å². The Hall–Kier alpha value is -5.14. The highest BCUT2D eigenvalue weighted by Gasteiger charge is 2.40. The van der Waals surface area contributed by atoms with Gasteiger partial charge in [0, 0.05) is 38.1 Å². The molecule has 3 aliphatic heterocycles. The maximum atomic E-state index is 14.7. The standard InChI is InChI=1S/C31H29ClFN7O5/c1-37-14-15-38(17-26(37)41)24-6-2-4-21-20(24)12-13-39(28(21)29(42)34-19-10-8-18(9-11-19)31(44)45)30(43)23-16-40(36-35-23)25-7-3-5-22(32)27(25)33/h2-11,16,28,35-36H,12-15,17H2,1H3,(H,34,42)(H,44,45). The van der Waals surface area contributed by atoms with Gasteiger partial charge in [0.25, 0.3) is 11.8 Å². The van der Waals surface area contributed by atoms with Gasteiger partial charge in [0.15, 0.2) is 5.82 Å². The molecule has 0 saturated carbocycles. The van der Waals surface area contributed by atoms with Crippen LogP contribution in [0.1, 0.15) is 27.5 Å².